The number of hydrogen-bond acceptors (Lipinski definition) is 4. The van der Waals surface area contributed by atoms with Crippen LogP contribution in [0.1, 0.15) is 24.7 Å². The Morgan fingerprint density at radius 2 is 1.90 bits per heavy atom. The van der Waals surface area contributed by atoms with Crippen molar-refractivity contribution in [3.63, 3.8) is 0 Å². The first kappa shape index (κ1) is 16.3. The van der Waals surface area contributed by atoms with E-state index in [0.29, 0.717) is 5.02 Å². The van der Waals surface area contributed by atoms with Crippen molar-refractivity contribution in [1.82, 2.24) is 9.97 Å². The summed E-state index contributed by atoms with van der Waals surface area (Å²) >= 11 is 8.51. The van der Waals surface area contributed by atoms with Gasteiger partial charge < -0.3 is 10.6 Å². The number of halogens is 2. The van der Waals surface area contributed by atoms with E-state index in [1.165, 1.54) is 0 Å². The van der Waals surface area contributed by atoms with Crippen molar-refractivity contribution < 1.29 is 0 Å². The Morgan fingerprint density at radius 3 is 2.57 bits per heavy atom. The molecular weight excluding hydrogens is 399 g/mol. The lowest BCUT2D eigenvalue weighted by Crippen LogP contribution is -2.09. The van der Waals surface area contributed by atoms with Crippen LogP contribution in [0.3, 0.4) is 0 Å². The third kappa shape index (κ3) is 4.20. The van der Waals surface area contributed by atoms with Gasteiger partial charge in [0.2, 0.25) is 0 Å². The quantitative estimate of drug-likeness (QED) is 0.680. The lowest BCUT2D eigenvalue weighted by Gasteiger charge is -2.14. The van der Waals surface area contributed by atoms with Gasteiger partial charge in [-0.25, -0.2) is 9.97 Å². The second-order valence-electron chi connectivity index (χ2n) is 4.77. The number of aromatic nitrogens is 2. The minimum absolute atomic E-state index is 0.681. The normalized spacial score (nSPS) is 10.5. The molecule has 112 valence electrons. The first-order valence-corrected chi connectivity index (χ1v) is 8.28. The highest BCUT2D eigenvalue weighted by atomic mass is 127. The molecule has 1 heterocycles. The largest absolute Gasteiger partial charge is 0.370 e. The van der Waals surface area contributed by atoms with Crippen LogP contribution in [-0.4, -0.2) is 16.5 Å². The highest BCUT2D eigenvalue weighted by Gasteiger charge is 2.10. The van der Waals surface area contributed by atoms with Crippen molar-refractivity contribution in [3.8, 4) is 0 Å². The van der Waals surface area contributed by atoms with Crippen molar-refractivity contribution in [1.29, 1.82) is 0 Å². The van der Waals surface area contributed by atoms with Crippen molar-refractivity contribution in [2.75, 3.05) is 17.2 Å². The Morgan fingerprint density at radius 1 is 1.19 bits per heavy atom. The first-order valence-electron chi connectivity index (χ1n) is 6.82. The van der Waals surface area contributed by atoms with E-state index in [1.807, 2.05) is 32.0 Å². The van der Waals surface area contributed by atoms with Crippen LogP contribution in [0, 0.1) is 17.4 Å². The van der Waals surface area contributed by atoms with Crippen molar-refractivity contribution >= 4 is 51.5 Å². The maximum absolute atomic E-state index is 6.27. The molecule has 0 aliphatic heterocycles. The van der Waals surface area contributed by atoms with Crippen LogP contribution in [0.2, 0.25) is 5.02 Å². The molecule has 0 fully saturated rings. The van der Waals surface area contributed by atoms with Gasteiger partial charge in [-0.15, -0.1) is 0 Å². The fraction of sp³-hybridized carbons (Fsp3) is 0.333. The molecule has 4 nitrogen and oxygen atoms in total. The summed E-state index contributed by atoms with van der Waals surface area (Å²) in [6.45, 7) is 6.90. The summed E-state index contributed by atoms with van der Waals surface area (Å²) in [4.78, 5) is 8.93. The molecule has 0 unspecified atom stereocenters. The van der Waals surface area contributed by atoms with E-state index in [1.54, 1.807) is 0 Å². The highest BCUT2D eigenvalue weighted by molar-refractivity contribution is 14.1. The van der Waals surface area contributed by atoms with E-state index in [9.17, 15) is 0 Å². The van der Waals surface area contributed by atoms with Crippen molar-refractivity contribution in [2.24, 2.45) is 0 Å². The molecular formula is C15H18ClIN4. The van der Waals surface area contributed by atoms with Crippen molar-refractivity contribution in [3.05, 3.63) is 38.2 Å². The van der Waals surface area contributed by atoms with Gasteiger partial charge in [0.05, 0.1) is 10.7 Å². The Kier molecular flexibility index (Phi) is 5.64. The first-order chi connectivity index (χ1) is 10.0. The molecule has 2 aromatic rings. The van der Waals surface area contributed by atoms with Gasteiger partial charge in [0, 0.05) is 15.7 Å². The lowest BCUT2D eigenvalue weighted by atomic mass is 10.2. The summed E-state index contributed by atoms with van der Waals surface area (Å²) in [5.74, 6) is 2.38. The second-order valence-corrected chi connectivity index (χ2v) is 6.42. The maximum atomic E-state index is 6.27. The van der Waals surface area contributed by atoms with Gasteiger partial charge in [0.25, 0.3) is 0 Å². The van der Waals surface area contributed by atoms with Crippen LogP contribution in [0.4, 0.5) is 17.3 Å². The van der Waals surface area contributed by atoms with Crippen LogP contribution in [-0.2, 0) is 0 Å². The minimum atomic E-state index is 0.681. The van der Waals surface area contributed by atoms with Gasteiger partial charge in [0.1, 0.15) is 17.5 Å². The summed E-state index contributed by atoms with van der Waals surface area (Å²) in [6, 6.07) is 5.89. The molecule has 0 saturated heterocycles. The van der Waals surface area contributed by atoms with Gasteiger partial charge >= 0.3 is 0 Å². The molecule has 6 heteroatoms. The fourth-order valence-corrected chi connectivity index (χ4v) is 2.79. The molecule has 1 aromatic heterocycles. The standard InChI is InChI=1S/C15H18ClIN4/c1-4-7-18-14-9(2)15(20-10(3)19-14)21-13-6-5-11(17)8-12(13)16/h5-6,8H,4,7H2,1-3H3,(H2,18,19,20,21). The summed E-state index contributed by atoms with van der Waals surface area (Å²) < 4.78 is 1.10. The molecule has 2 rings (SSSR count). The lowest BCUT2D eigenvalue weighted by molar-refractivity contribution is 0.948. The summed E-state index contributed by atoms with van der Waals surface area (Å²) in [5.41, 5.74) is 1.84. The molecule has 21 heavy (non-hydrogen) atoms. The van der Waals surface area contributed by atoms with Crippen LogP contribution in [0.15, 0.2) is 18.2 Å². The molecule has 0 bridgehead atoms. The van der Waals surface area contributed by atoms with Crippen molar-refractivity contribution in [2.45, 2.75) is 27.2 Å². The van der Waals surface area contributed by atoms with Gasteiger partial charge in [-0.05, 0) is 61.1 Å². The smallest absolute Gasteiger partial charge is 0.139 e. The number of benzene rings is 1. The highest BCUT2D eigenvalue weighted by Crippen LogP contribution is 2.29. The van der Waals surface area contributed by atoms with Crippen LogP contribution in [0.5, 0.6) is 0 Å². The molecule has 0 spiro atoms. The van der Waals surface area contributed by atoms with Crippen LogP contribution in [0.25, 0.3) is 0 Å². The number of nitrogens with zero attached hydrogens (tertiary/aromatic N) is 2. The Hall–Kier alpha value is -1.08. The molecule has 2 N–H and O–H groups in total. The van der Waals surface area contributed by atoms with E-state index in [0.717, 1.165) is 45.2 Å². The minimum Gasteiger partial charge on any atom is -0.370 e. The zero-order valence-corrected chi connectivity index (χ0v) is 15.2. The summed E-state index contributed by atoms with van der Waals surface area (Å²) in [5, 5.41) is 7.31. The number of nitrogens with one attached hydrogen (secondary N) is 2. The number of anilines is 3. The molecule has 0 amide bonds. The summed E-state index contributed by atoms with van der Waals surface area (Å²) in [7, 11) is 0. The number of aryl methyl sites for hydroxylation is 1. The topological polar surface area (TPSA) is 49.8 Å². The van der Waals surface area contributed by atoms with Gasteiger partial charge in [-0.2, -0.15) is 0 Å². The van der Waals surface area contributed by atoms with Crippen LogP contribution >= 0.6 is 34.2 Å². The molecule has 0 radical (unpaired) electrons. The third-order valence-corrected chi connectivity index (χ3v) is 3.97. The average molecular weight is 417 g/mol. The Labute approximate surface area is 143 Å². The maximum Gasteiger partial charge on any atom is 0.139 e. The number of hydrogen-bond donors (Lipinski definition) is 2. The predicted molar refractivity (Wildman–Crippen MR) is 97.7 cm³/mol. The van der Waals surface area contributed by atoms with E-state index < -0.39 is 0 Å². The van der Waals surface area contributed by atoms with E-state index >= 15 is 0 Å². The van der Waals surface area contributed by atoms with Gasteiger partial charge in [-0.3, -0.25) is 0 Å². The molecule has 0 aliphatic rings. The molecule has 1 aromatic carbocycles. The van der Waals surface area contributed by atoms with E-state index in [-0.39, 0.29) is 0 Å². The Balaban J connectivity index is 2.32. The predicted octanol–water partition coefficient (Wildman–Crippen LogP) is 4.92. The summed E-state index contributed by atoms with van der Waals surface area (Å²) in [6.07, 6.45) is 1.05. The van der Waals surface area contributed by atoms with Crippen LogP contribution < -0.4 is 10.6 Å². The van der Waals surface area contributed by atoms with Gasteiger partial charge in [0.15, 0.2) is 0 Å². The fourth-order valence-electron chi connectivity index (χ4n) is 1.88. The Bertz CT molecular complexity index is 646. The second kappa shape index (κ2) is 7.26. The monoisotopic (exact) mass is 416 g/mol. The molecule has 0 saturated carbocycles. The molecule has 0 atom stereocenters. The van der Waals surface area contributed by atoms with E-state index in [2.05, 4.69) is 50.1 Å². The number of rotatable bonds is 5. The zero-order chi connectivity index (χ0) is 15.4. The third-order valence-electron chi connectivity index (χ3n) is 2.98. The zero-order valence-electron chi connectivity index (χ0n) is 12.3. The average Bonchev–Trinajstić information content (AvgIpc) is 2.43. The SMILES string of the molecule is CCCNc1nc(C)nc(Nc2ccc(I)cc2Cl)c1C. The molecule has 0 aliphatic carbocycles. The van der Waals surface area contributed by atoms with Gasteiger partial charge in [-0.1, -0.05) is 18.5 Å². The van der Waals surface area contributed by atoms with E-state index in [4.69, 9.17) is 11.6 Å².